The van der Waals surface area contributed by atoms with Crippen LogP contribution >= 0.6 is 11.6 Å². The topological polar surface area (TPSA) is 37.4 Å². The number of nitrogens with zero attached hydrogens (tertiary/aromatic N) is 1. The van der Waals surface area contributed by atoms with E-state index < -0.39 is 9.84 Å². The molecule has 1 saturated heterocycles. The van der Waals surface area contributed by atoms with E-state index in [1.807, 2.05) is 0 Å². The van der Waals surface area contributed by atoms with E-state index in [0.29, 0.717) is 11.7 Å². The Hall–Kier alpha value is 0.200. The highest BCUT2D eigenvalue weighted by atomic mass is 35.5. The van der Waals surface area contributed by atoms with Crippen LogP contribution in [0.2, 0.25) is 0 Å². The minimum Gasteiger partial charge on any atom is -0.303 e. The number of hydrogen-bond acceptors (Lipinski definition) is 3. The predicted molar refractivity (Wildman–Crippen MR) is 68.8 cm³/mol. The van der Waals surface area contributed by atoms with Gasteiger partial charge in [0.05, 0.1) is 5.75 Å². The van der Waals surface area contributed by atoms with Crippen molar-refractivity contribution in [1.29, 1.82) is 0 Å². The average Bonchev–Trinajstić information content (AvgIpc) is 2.30. The quantitative estimate of drug-likeness (QED) is 0.689. The molecule has 0 aromatic rings. The second-order valence-corrected chi connectivity index (χ2v) is 7.31. The Morgan fingerprint density at radius 2 is 1.94 bits per heavy atom. The molecular weight excluding hydrogens is 246 g/mol. The molecule has 0 bridgehead atoms. The maximum Gasteiger partial charge on any atom is 0.150 e. The molecule has 0 spiro atoms. The van der Waals surface area contributed by atoms with E-state index in [2.05, 4.69) is 4.90 Å². The second-order valence-electron chi connectivity index (χ2n) is 4.53. The van der Waals surface area contributed by atoms with E-state index in [4.69, 9.17) is 11.6 Å². The zero-order valence-electron chi connectivity index (χ0n) is 9.99. The van der Waals surface area contributed by atoms with E-state index in [0.717, 1.165) is 44.8 Å². The van der Waals surface area contributed by atoms with Crippen molar-refractivity contribution in [3.05, 3.63) is 0 Å². The lowest BCUT2D eigenvalue weighted by Crippen LogP contribution is -2.35. The van der Waals surface area contributed by atoms with Crippen LogP contribution in [0.3, 0.4) is 0 Å². The van der Waals surface area contributed by atoms with E-state index in [9.17, 15) is 8.42 Å². The second kappa shape index (κ2) is 6.82. The van der Waals surface area contributed by atoms with Crippen molar-refractivity contribution in [2.24, 2.45) is 5.92 Å². The Bertz CT molecular complexity index is 284. The molecule has 0 atom stereocenters. The van der Waals surface area contributed by atoms with Crippen LogP contribution in [0.1, 0.15) is 26.2 Å². The van der Waals surface area contributed by atoms with Crippen molar-refractivity contribution in [3.63, 3.8) is 0 Å². The van der Waals surface area contributed by atoms with Gasteiger partial charge in [0.25, 0.3) is 0 Å². The highest BCUT2D eigenvalue weighted by molar-refractivity contribution is 7.91. The molecule has 1 aliphatic rings. The molecule has 0 unspecified atom stereocenters. The third kappa shape index (κ3) is 5.02. The van der Waals surface area contributed by atoms with Crippen LogP contribution in [0.25, 0.3) is 0 Å². The molecule has 1 rings (SSSR count). The SMILES string of the molecule is CCS(=O)(=O)CCCN1CCC(CCl)CC1. The number of alkyl halides is 1. The van der Waals surface area contributed by atoms with E-state index >= 15 is 0 Å². The van der Waals surface area contributed by atoms with Gasteiger partial charge in [0, 0.05) is 11.6 Å². The third-order valence-electron chi connectivity index (χ3n) is 3.29. The summed E-state index contributed by atoms with van der Waals surface area (Å²) in [6.45, 7) is 4.77. The molecule has 0 N–H and O–H groups in total. The Morgan fingerprint density at radius 1 is 1.31 bits per heavy atom. The van der Waals surface area contributed by atoms with Gasteiger partial charge in [-0.25, -0.2) is 8.42 Å². The van der Waals surface area contributed by atoms with Crippen LogP contribution in [0, 0.1) is 5.92 Å². The Balaban J connectivity index is 2.16. The summed E-state index contributed by atoms with van der Waals surface area (Å²) in [5.74, 6) is 2.02. The van der Waals surface area contributed by atoms with Gasteiger partial charge in [-0.05, 0) is 44.8 Å². The smallest absolute Gasteiger partial charge is 0.150 e. The van der Waals surface area contributed by atoms with Crippen molar-refractivity contribution < 1.29 is 8.42 Å². The minimum absolute atomic E-state index is 0.265. The van der Waals surface area contributed by atoms with Gasteiger partial charge in [0.1, 0.15) is 9.84 Å². The van der Waals surface area contributed by atoms with Crippen LogP contribution in [0.5, 0.6) is 0 Å². The van der Waals surface area contributed by atoms with Gasteiger partial charge >= 0.3 is 0 Å². The molecule has 3 nitrogen and oxygen atoms in total. The molecule has 1 aliphatic heterocycles. The number of halogens is 1. The Labute approximate surface area is 104 Å². The molecule has 96 valence electrons. The van der Waals surface area contributed by atoms with E-state index in [1.54, 1.807) is 6.92 Å². The Morgan fingerprint density at radius 3 is 2.44 bits per heavy atom. The number of piperidine rings is 1. The molecule has 1 fully saturated rings. The summed E-state index contributed by atoms with van der Waals surface area (Å²) in [4.78, 5) is 2.36. The number of hydrogen-bond donors (Lipinski definition) is 0. The van der Waals surface area contributed by atoms with Crippen molar-refractivity contribution in [3.8, 4) is 0 Å². The molecule has 5 heteroatoms. The molecule has 0 aliphatic carbocycles. The van der Waals surface area contributed by atoms with Gasteiger partial charge in [-0.2, -0.15) is 0 Å². The fourth-order valence-electron chi connectivity index (χ4n) is 2.02. The molecule has 16 heavy (non-hydrogen) atoms. The molecule has 0 amide bonds. The standard InChI is InChI=1S/C11H22ClNO2S/c1-2-16(14,15)9-3-6-13-7-4-11(10-12)5-8-13/h11H,2-10H2,1H3. The van der Waals surface area contributed by atoms with Crippen molar-refractivity contribution in [2.75, 3.05) is 37.0 Å². The summed E-state index contributed by atoms with van der Waals surface area (Å²) in [6, 6.07) is 0. The van der Waals surface area contributed by atoms with Crippen LogP contribution in [0.4, 0.5) is 0 Å². The summed E-state index contributed by atoms with van der Waals surface area (Å²) < 4.78 is 22.6. The number of rotatable bonds is 6. The number of sulfone groups is 1. The summed E-state index contributed by atoms with van der Waals surface area (Å²) >= 11 is 5.81. The monoisotopic (exact) mass is 267 g/mol. The van der Waals surface area contributed by atoms with Gasteiger partial charge in [0.15, 0.2) is 0 Å². The largest absolute Gasteiger partial charge is 0.303 e. The van der Waals surface area contributed by atoms with Crippen LogP contribution in [-0.4, -0.2) is 50.3 Å². The van der Waals surface area contributed by atoms with Crippen molar-refractivity contribution in [2.45, 2.75) is 26.2 Å². The average molecular weight is 268 g/mol. The maximum atomic E-state index is 11.3. The Kier molecular flexibility index (Phi) is 6.08. The molecule has 0 saturated carbocycles. The highest BCUT2D eigenvalue weighted by Crippen LogP contribution is 2.18. The van der Waals surface area contributed by atoms with Crippen LogP contribution < -0.4 is 0 Å². The van der Waals surface area contributed by atoms with Gasteiger partial charge in [-0.1, -0.05) is 6.92 Å². The fraction of sp³-hybridized carbons (Fsp3) is 1.00. The van der Waals surface area contributed by atoms with Crippen LogP contribution in [-0.2, 0) is 9.84 Å². The first-order chi connectivity index (χ1) is 7.57. The molecule has 0 aromatic carbocycles. The lowest BCUT2D eigenvalue weighted by atomic mass is 9.99. The minimum atomic E-state index is -2.78. The van der Waals surface area contributed by atoms with Gasteiger partial charge in [-0.15, -0.1) is 11.6 Å². The van der Waals surface area contributed by atoms with Crippen molar-refractivity contribution in [1.82, 2.24) is 4.90 Å². The van der Waals surface area contributed by atoms with Crippen molar-refractivity contribution >= 4 is 21.4 Å². The number of likely N-dealkylation sites (tertiary alicyclic amines) is 1. The van der Waals surface area contributed by atoms with Gasteiger partial charge in [0.2, 0.25) is 0 Å². The first kappa shape index (κ1) is 14.3. The lowest BCUT2D eigenvalue weighted by Gasteiger charge is -2.30. The summed E-state index contributed by atoms with van der Waals surface area (Å²) in [5.41, 5.74) is 0. The van der Waals surface area contributed by atoms with Gasteiger partial charge < -0.3 is 4.90 Å². The van der Waals surface area contributed by atoms with Gasteiger partial charge in [-0.3, -0.25) is 0 Å². The lowest BCUT2D eigenvalue weighted by molar-refractivity contribution is 0.194. The first-order valence-corrected chi connectivity index (χ1v) is 8.41. The zero-order chi connectivity index (χ0) is 12.0. The molecule has 0 radical (unpaired) electrons. The summed E-state index contributed by atoms with van der Waals surface area (Å²) in [5, 5.41) is 0. The highest BCUT2D eigenvalue weighted by Gasteiger charge is 2.18. The zero-order valence-corrected chi connectivity index (χ0v) is 11.6. The molecule has 0 aromatic heterocycles. The predicted octanol–water partition coefficient (Wildman–Crippen LogP) is 1.76. The normalized spacial score (nSPS) is 20.1. The van der Waals surface area contributed by atoms with Crippen LogP contribution in [0.15, 0.2) is 0 Å². The maximum absolute atomic E-state index is 11.3. The molecular formula is C11H22ClNO2S. The molecule has 1 heterocycles. The summed E-state index contributed by atoms with van der Waals surface area (Å²) in [6.07, 6.45) is 3.08. The van der Waals surface area contributed by atoms with E-state index in [-0.39, 0.29) is 5.75 Å². The van der Waals surface area contributed by atoms with E-state index in [1.165, 1.54) is 0 Å². The third-order valence-corrected chi connectivity index (χ3v) is 5.52. The first-order valence-electron chi connectivity index (χ1n) is 6.06. The summed E-state index contributed by atoms with van der Waals surface area (Å²) in [7, 11) is -2.78. The fourth-order valence-corrected chi connectivity index (χ4v) is 3.18.